The van der Waals surface area contributed by atoms with Crippen molar-refractivity contribution in [3.05, 3.63) is 66.2 Å². The normalized spacial score (nSPS) is 11.7. The Balaban J connectivity index is 1.61. The zero-order chi connectivity index (χ0) is 15.6. The molecule has 4 nitrogen and oxygen atoms in total. The zero-order valence-electron chi connectivity index (χ0n) is 12.2. The molecule has 116 valence electrons. The van der Waals surface area contributed by atoms with Gasteiger partial charge in [0.15, 0.2) is 5.11 Å². The molecule has 0 amide bonds. The molecule has 3 N–H and O–H groups in total. The van der Waals surface area contributed by atoms with E-state index < -0.39 is 6.10 Å². The number of aliphatic hydroxyl groups excluding tert-OH is 1. The van der Waals surface area contributed by atoms with Gasteiger partial charge in [-0.1, -0.05) is 48.5 Å². The average molecular weight is 316 g/mol. The van der Waals surface area contributed by atoms with Crippen molar-refractivity contribution in [3.8, 4) is 0 Å². The van der Waals surface area contributed by atoms with E-state index in [2.05, 4.69) is 10.6 Å². The molecule has 0 aromatic heterocycles. The van der Waals surface area contributed by atoms with Crippen molar-refractivity contribution in [3.63, 3.8) is 0 Å². The molecular formula is C17H20N2O2S. The Kier molecular flexibility index (Phi) is 6.83. The lowest BCUT2D eigenvalue weighted by molar-refractivity contribution is 0.0310. The van der Waals surface area contributed by atoms with E-state index >= 15 is 0 Å². The molecule has 0 spiro atoms. The predicted molar refractivity (Wildman–Crippen MR) is 92.8 cm³/mol. The highest BCUT2D eigenvalue weighted by Crippen LogP contribution is 2.04. The van der Waals surface area contributed by atoms with Gasteiger partial charge in [0.25, 0.3) is 0 Å². The first-order valence-electron chi connectivity index (χ1n) is 7.13. The molecule has 0 aliphatic carbocycles. The summed E-state index contributed by atoms with van der Waals surface area (Å²) in [6.45, 7) is 1.09. The molecule has 0 saturated heterocycles. The van der Waals surface area contributed by atoms with E-state index in [-0.39, 0.29) is 6.61 Å². The summed E-state index contributed by atoms with van der Waals surface area (Å²) in [6.07, 6.45) is -0.612. The summed E-state index contributed by atoms with van der Waals surface area (Å²) in [6, 6.07) is 19.5. The SMILES string of the molecule is O[C@H](CNC(=S)Nc1ccccc1)COCc1ccccc1. The van der Waals surface area contributed by atoms with Gasteiger partial charge in [0, 0.05) is 12.2 Å². The van der Waals surface area contributed by atoms with Gasteiger partial charge in [-0.2, -0.15) is 0 Å². The minimum Gasteiger partial charge on any atom is -0.389 e. The Morgan fingerprint density at radius 2 is 1.68 bits per heavy atom. The maximum absolute atomic E-state index is 9.87. The van der Waals surface area contributed by atoms with Crippen LogP contribution in [-0.4, -0.2) is 29.5 Å². The summed E-state index contributed by atoms with van der Waals surface area (Å²) in [5, 5.41) is 16.4. The van der Waals surface area contributed by atoms with Crippen molar-refractivity contribution < 1.29 is 9.84 Å². The van der Waals surface area contributed by atoms with Gasteiger partial charge in [-0.15, -0.1) is 0 Å². The third-order valence-electron chi connectivity index (χ3n) is 2.95. The quantitative estimate of drug-likeness (QED) is 0.686. The van der Waals surface area contributed by atoms with Crippen LogP contribution in [0.3, 0.4) is 0 Å². The number of aliphatic hydroxyl groups is 1. The highest BCUT2D eigenvalue weighted by molar-refractivity contribution is 7.80. The average Bonchev–Trinajstić information content (AvgIpc) is 2.55. The molecule has 0 saturated carbocycles. The van der Waals surface area contributed by atoms with Crippen LogP contribution in [0.2, 0.25) is 0 Å². The molecule has 2 aromatic carbocycles. The van der Waals surface area contributed by atoms with Crippen LogP contribution < -0.4 is 10.6 Å². The van der Waals surface area contributed by atoms with Gasteiger partial charge in [0.05, 0.1) is 19.3 Å². The standard InChI is InChI=1S/C17H20N2O2S/c20-16(13-21-12-14-7-3-1-4-8-14)11-18-17(22)19-15-9-5-2-6-10-15/h1-10,16,20H,11-13H2,(H2,18,19,22)/t16-/m1/s1. The fourth-order valence-electron chi connectivity index (χ4n) is 1.85. The number of anilines is 1. The minimum absolute atomic E-state index is 0.260. The number of thiocarbonyl (C=S) groups is 1. The van der Waals surface area contributed by atoms with Gasteiger partial charge in [0.1, 0.15) is 0 Å². The molecule has 1 atom stereocenters. The van der Waals surface area contributed by atoms with Crippen LogP contribution in [0.4, 0.5) is 5.69 Å². The number of ether oxygens (including phenoxy) is 1. The van der Waals surface area contributed by atoms with Crippen molar-refractivity contribution in [2.24, 2.45) is 0 Å². The molecular weight excluding hydrogens is 296 g/mol. The van der Waals surface area contributed by atoms with E-state index in [1.807, 2.05) is 60.7 Å². The maximum Gasteiger partial charge on any atom is 0.170 e. The molecule has 0 fully saturated rings. The van der Waals surface area contributed by atoms with Crippen molar-refractivity contribution in [2.45, 2.75) is 12.7 Å². The number of para-hydroxylation sites is 1. The van der Waals surface area contributed by atoms with Crippen molar-refractivity contribution in [1.82, 2.24) is 5.32 Å². The van der Waals surface area contributed by atoms with Crippen LogP contribution in [0.25, 0.3) is 0 Å². The first-order chi connectivity index (χ1) is 10.7. The van der Waals surface area contributed by atoms with Crippen LogP contribution >= 0.6 is 12.2 Å². The van der Waals surface area contributed by atoms with Crippen molar-refractivity contribution in [2.75, 3.05) is 18.5 Å². The monoisotopic (exact) mass is 316 g/mol. The maximum atomic E-state index is 9.87. The van der Waals surface area contributed by atoms with Crippen molar-refractivity contribution in [1.29, 1.82) is 0 Å². The van der Waals surface area contributed by atoms with Crippen LogP contribution in [0.1, 0.15) is 5.56 Å². The van der Waals surface area contributed by atoms with Crippen molar-refractivity contribution >= 4 is 23.0 Å². The highest BCUT2D eigenvalue weighted by Gasteiger charge is 2.05. The summed E-state index contributed by atoms with van der Waals surface area (Å²) in [5.74, 6) is 0. The largest absolute Gasteiger partial charge is 0.389 e. The second kappa shape index (κ2) is 9.15. The summed E-state index contributed by atoms with van der Waals surface area (Å²) in [4.78, 5) is 0. The molecule has 0 unspecified atom stereocenters. The van der Waals surface area contributed by atoms with E-state index in [4.69, 9.17) is 17.0 Å². The number of nitrogens with one attached hydrogen (secondary N) is 2. The van der Waals surface area contributed by atoms with E-state index in [0.717, 1.165) is 11.3 Å². The van der Waals surface area contributed by atoms with Crippen LogP contribution in [0, 0.1) is 0 Å². The number of benzene rings is 2. The molecule has 0 bridgehead atoms. The first kappa shape index (κ1) is 16.4. The summed E-state index contributed by atoms with van der Waals surface area (Å²) >= 11 is 5.17. The smallest absolute Gasteiger partial charge is 0.170 e. The van der Waals surface area contributed by atoms with E-state index in [0.29, 0.717) is 18.3 Å². The molecule has 0 aliphatic rings. The molecule has 0 aliphatic heterocycles. The van der Waals surface area contributed by atoms with Gasteiger partial charge in [0.2, 0.25) is 0 Å². The summed E-state index contributed by atoms with van der Waals surface area (Å²) < 4.78 is 5.48. The second-order valence-electron chi connectivity index (χ2n) is 4.86. The molecule has 2 aromatic rings. The zero-order valence-corrected chi connectivity index (χ0v) is 13.1. The Morgan fingerprint density at radius 3 is 2.36 bits per heavy atom. The highest BCUT2D eigenvalue weighted by atomic mass is 32.1. The lowest BCUT2D eigenvalue weighted by Gasteiger charge is -2.15. The van der Waals surface area contributed by atoms with Gasteiger partial charge in [-0.05, 0) is 29.9 Å². The summed E-state index contributed by atoms with van der Waals surface area (Å²) in [5.41, 5.74) is 2.00. The Bertz CT molecular complexity index is 563. The Morgan fingerprint density at radius 1 is 1.05 bits per heavy atom. The predicted octanol–water partition coefficient (Wildman–Crippen LogP) is 2.55. The minimum atomic E-state index is -0.612. The Hall–Kier alpha value is -1.95. The van der Waals surface area contributed by atoms with Crippen LogP contribution in [0.5, 0.6) is 0 Å². The van der Waals surface area contributed by atoms with Gasteiger partial charge in [-0.25, -0.2) is 0 Å². The van der Waals surface area contributed by atoms with Gasteiger partial charge in [-0.3, -0.25) is 0 Å². The second-order valence-corrected chi connectivity index (χ2v) is 5.26. The number of hydrogen-bond donors (Lipinski definition) is 3. The van der Waals surface area contributed by atoms with Gasteiger partial charge >= 0.3 is 0 Å². The molecule has 0 radical (unpaired) electrons. The molecule has 2 rings (SSSR count). The number of rotatable bonds is 7. The van der Waals surface area contributed by atoms with Crippen LogP contribution in [-0.2, 0) is 11.3 Å². The lowest BCUT2D eigenvalue weighted by atomic mass is 10.2. The molecule has 22 heavy (non-hydrogen) atoms. The fourth-order valence-corrected chi connectivity index (χ4v) is 2.05. The van der Waals surface area contributed by atoms with Gasteiger partial charge < -0.3 is 20.5 Å². The fraction of sp³-hybridized carbons (Fsp3) is 0.235. The molecule has 5 heteroatoms. The third kappa shape index (κ3) is 6.22. The lowest BCUT2D eigenvalue weighted by Crippen LogP contribution is -2.36. The van der Waals surface area contributed by atoms with Crippen LogP contribution in [0.15, 0.2) is 60.7 Å². The number of hydrogen-bond acceptors (Lipinski definition) is 3. The first-order valence-corrected chi connectivity index (χ1v) is 7.54. The van der Waals surface area contributed by atoms with E-state index in [1.54, 1.807) is 0 Å². The summed E-state index contributed by atoms with van der Waals surface area (Å²) in [7, 11) is 0. The topological polar surface area (TPSA) is 53.5 Å². The third-order valence-corrected chi connectivity index (χ3v) is 3.20. The van der Waals surface area contributed by atoms with E-state index in [9.17, 15) is 5.11 Å². The van der Waals surface area contributed by atoms with E-state index in [1.165, 1.54) is 0 Å². The Labute approximate surface area is 136 Å². The molecule has 0 heterocycles.